The Kier molecular flexibility index (Phi) is 5.27. The number of nitrogens with two attached hydrogens (primary N) is 1. The summed E-state index contributed by atoms with van der Waals surface area (Å²) in [6.45, 7) is -0.665. The van der Waals surface area contributed by atoms with Crippen LogP contribution in [0.5, 0.6) is 0 Å². The number of nitrogens with one attached hydrogen (secondary N) is 1. The summed E-state index contributed by atoms with van der Waals surface area (Å²) in [6, 6.07) is 0. The Bertz CT molecular complexity index is 1000. The van der Waals surface area contributed by atoms with Crippen molar-refractivity contribution in [2.75, 3.05) is 18.2 Å². The summed E-state index contributed by atoms with van der Waals surface area (Å²) in [5, 5.41) is 10.1. The molecule has 2 aromatic rings. The number of aliphatic hydroxyl groups excluding tert-OH is 1. The molecule has 0 amide bonds. The van der Waals surface area contributed by atoms with Crippen LogP contribution in [0.2, 0.25) is 0 Å². The number of H-pyrrole nitrogens is 1. The SMILES string of the molecule is Nc1nc2c(ncn2[C@H]2C[C@H](O)[C@@H](COP(=O)([O-])CP(=O)([O-])O)O2)c(=O)[nH]1. The lowest BCUT2D eigenvalue weighted by Gasteiger charge is -2.29. The highest BCUT2D eigenvalue weighted by Crippen LogP contribution is 2.50. The van der Waals surface area contributed by atoms with Crippen molar-refractivity contribution in [3.63, 3.8) is 0 Å². The third-order valence-electron chi connectivity index (χ3n) is 3.75. The van der Waals surface area contributed by atoms with Gasteiger partial charge < -0.3 is 43.9 Å². The predicted octanol–water partition coefficient (Wildman–Crippen LogP) is -2.58. The lowest BCUT2D eigenvalue weighted by molar-refractivity contribution is -0.207. The molecule has 14 nitrogen and oxygen atoms in total. The second-order valence-corrected chi connectivity index (χ2v) is 9.78. The number of rotatable bonds is 6. The maximum atomic E-state index is 11.8. The Labute approximate surface area is 150 Å². The summed E-state index contributed by atoms with van der Waals surface area (Å²) in [6.07, 6.45) is -1.86. The van der Waals surface area contributed by atoms with Gasteiger partial charge in [0, 0.05) is 6.42 Å². The molecule has 0 radical (unpaired) electrons. The van der Waals surface area contributed by atoms with Crippen LogP contribution in [-0.2, 0) is 18.4 Å². The molecule has 5 N–H and O–H groups in total. The average Bonchev–Trinajstić information content (AvgIpc) is 3.06. The van der Waals surface area contributed by atoms with Crippen LogP contribution in [0, 0.1) is 0 Å². The van der Waals surface area contributed by atoms with Crippen LogP contribution in [0.1, 0.15) is 12.6 Å². The average molecular weight is 423 g/mol. The summed E-state index contributed by atoms with van der Waals surface area (Å²) >= 11 is 0. The minimum atomic E-state index is -5.07. The maximum Gasteiger partial charge on any atom is 0.280 e. The lowest BCUT2D eigenvalue weighted by atomic mass is 10.2. The van der Waals surface area contributed by atoms with Crippen molar-refractivity contribution in [3.8, 4) is 0 Å². The number of anilines is 1. The summed E-state index contributed by atoms with van der Waals surface area (Å²) in [4.78, 5) is 52.8. The van der Waals surface area contributed by atoms with Crippen LogP contribution in [0.15, 0.2) is 11.1 Å². The first-order chi connectivity index (χ1) is 12.5. The van der Waals surface area contributed by atoms with Gasteiger partial charge in [-0.2, -0.15) is 4.98 Å². The normalized spacial score (nSPS) is 27.5. The first-order valence-corrected chi connectivity index (χ1v) is 11.0. The molecule has 0 spiro atoms. The van der Waals surface area contributed by atoms with Crippen LogP contribution in [0.4, 0.5) is 5.95 Å². The molecule has 1 aliphatic heterocycles. The van der Waals surface area contributed by atoms with Gasteiger partial charge >= 0.3 is 0 Å². The summed E-state index contributed by atoms with van der Waals surface area (Å²) < 4.78 is 33.6. The molecular formula is C11H15N5O9P2-2. The Hall–Kier alpha value is -1.63. The van der Waals surface area contributed by atoms with Crippen molar-refractivity contribution < 1.29 is 38.2 Å². The van der Waals surface area contributed by atoms with E-state index in [1.54, 1.807) is 0 Å². The van der Waals surface area contributed by atoms with E-state index in [0.29, 0.717) is 0 Å². The van der Waals surface area contributed by atoms with Crippen LogP contribution >= 0.6 is 15.2 Å². The van der Waals surface area contributed by atoms with E-state index in [1.807, 2.05) is 0 Å². The Morgan fingerprint density at radius 1 is 1.48 bits per heavy atom. The fourth-order valence-corrected chi connectivity index (χ4v) is 5.09. The molecule has 5 atom stereocenters. The van der Waals surface area contributed by atoms with E-state index in [0.717, 1.165) is 0 Å². The van der Waals surface area contributed by atoms with Gasteiger partial charge in [-0.25, -0.2) is 4.98 Å². The van der Waals surface area contributed by atoms with Crippen molar-refractivity contribution in [2.45, 2.75) is 24.9 Å². The van der Waals surface area contributed by atoms with Crippen LogP contribution < -0.4 is 21.1 Å². The molecular weight excluding hydrogens is 408 g/mol. The molecule has 0 aliphatic carbocycles. The highest BCUT2D eigenvalue weighted by molar-refractivity contribution is 7.68. The number of nitrogen functional groups attached to an aromatic ring is 1. The molecule has 2 unspecified atom stereocenters. The van der Waals surface area contributed by atoms with Crippen LogP contribution in [-0.4, -0.2) is 54.2 Å². The molecule has 3 rings (SSSR count). The second-order valence-electron chi connectivity index (χ2n) is 5.89. The number of fused-ring (bicyclic) bond motifs is 1. The highest BCUT2D eigenvalue weighted by Gasteiger charge is 2.37. The molecule has 1 aliphatic rings. The molecule has 150 valence electrons. The van der Waals surface area contributed by atoms with Crippen molar-refractivity contribution in [3.05, 3.63) is 16.7 Å². The molecule has 2 aromatic heterocycles. The fraction of sp³-hybridized carbons (Fsp3) is 0.545. The minimum Gasteiger partial charge on any atom is -0.778 e. The van der Waals surface area contributed by atoms with E-state index < -0.39 is 51.7 Å². The molecule has 1 fully saturated rings. The van der Waals surface area contributed by atoms with Gasteiger partial charge in [-0.05, 0) is 0 Å². The second kappa shape index (κ2) is 7.08. The number of aromatic nitrogens is 4. The van der Waals surface area contributed by atoms with Crippen molar-refractivity contribution in [2.24, 2.45) is 0 Å². The van der Waals surface area contributed by atoms with Gasteiger partial charge in [0.2, 0.25) is 5.95 Å². The summed E-state index contributed by atoms with van der Waals surface area (Å²) in [5.41, 5.74) is 5.05. The van der Waals surface area contributed by atoms with Gasteiger partial charge in [0.1, 0.15) is 27.5 Å². The largest absolute Gasteiger partial charge is 0.778 e. The number of hydrogen-bond donors (Lipinski definition) is 4. The molecule has 0 aromatic carbocycles. The topological polar surface area (TPSA) is 229 Å². The zero-order chi connectivity index (χ0) is 20.0. The number of aromatic amines is 1. The summed E-state index contributed by atoms with van der Waals surface area (Å²) in [5.74, 6) is -1.71. The van der Waals surface area contributed by atoms with Crippen LogP contribution in [0.3, 0.4) is 0 Å². The number of aliphatic hydroxyl groups is 1. The molecule has 0 saturated carbocycles. The van der Waals surface area contributed by atoms with Crippen LogP contribution in [0.25, 0.3) is 11.2 Å². The Balaban J connectivity index is 1.73. The smallest absolute Gasteiger partial charge is 0.280 e. The van der Waals surface area contributed by atoms with Crippen molar-refractivity contribution >= 4 is 32.3 Å². The third-order valence-corrected chi connectivity index (χ3v) is 7.11. The van der Waals surface area contributed by atoms with Gasteiger partial charge in [0.15, 0.2) is 11.2 Å². The molecule has 3 heterocycles. The van der Waals surface area contributed by atoms with Gasteiger partial charge in [-0.1, -0.05) is 0 Å². The van der Waals surface area contributed by atoms with E-state index in [-0.39, 0.29) is 23.5 Å². The number of hydrogen-bond acceptors (Lipinski definition) is 11. The predicted molar refractivity (Wildman–Crippen MR) is 85.3 cm³/mol. The van der Waals surface area contributed by atoms with Crippen molar-refractivity contribution in [1.29, 1.82) is 0 Å². The molecule has 27 heavy (non-hydrogen) atoms. The first kappa shape index (κ1) is 20.1. The highest BCUT2D eigenvalue weighted by atomic mass is 31.2. The summed E-state index contributed by atoms with van der Waals surface area (Å²) in [7, 11) is -9.96. The van der Waals surface area contributed by atoms with E-state index in [9.17, 15) is 28.8 Å². The molecule has 16 heteroatoms. The first-order valence-electron chi connectivity index (χ1n) is 7.48. The molecule has 1 saturated heterocycles. The standard InChI is InChI=1S/C11H17N5O9P2/c12-11-14-9-8(10(18)15-11)13-3-16(9)7-1-5(17)6(25-7)2-24-27(22,23)4-26(19,20)21/h3,5-7,17H,1-2,4H2,(H,22,23)(H2,19,20,21)(H3,12,14,15,18)/p-2/t5-,6+,7+/m0/s1. The maximum absolute atomic E-state index is 11.8. The van der Waals surface area contributed by atoms with E-state index in [4.69, 9.17) is 15.4 Å². The van der Waals surface area contributed by atoms with Crippen molar-refractivity contribution in [1.82, 2.24) is 19.5 Å². The Morgan fingerprint density at radius 2 is 2.19 bits per heavy atom. The monoisotopic (exact) mass is 423 g/mol. The zero-order valence-corrected chi connectivity index (χ0v) is 15.3. The van der Waals surface area contributed by atoms with Gasteiger partial charge in [0.05, 0.1) is 24.9 Å². The Morgan fingerprint density at radius 3 is 2.85 bits per heavy atom. The van der Waals surface area contributed by atoms with E-state index in [2.05, 4.69) is 19.5 Å². The lowest BCUT2D eigenvalue weighted by Crippen LogP contribution is -2.27. The van der Waals surface area contributed by atoms with E-state index in [1.165, 1.54) is 10.9 Å². The van der Waals surface area contributed by atoms with Gasteiger partial charge in [0.25, 0.3) is 5.56 Å². The van der Waals surface area contributed by atoms with Gasteiger partial charge in [-0.3, -0.25) is 14.3 Å². The zero-order valence-electron chi connectivity index (χ0n) is 13.5. The number of imidazole rings is 1. The molecule has 0 bridgehead atoms. The number of nitrogens with zero attached hydrogens (tertiary/aromatic N) is 3. The number of ether oxygens (including phenoxy) is 1. The fourth-order valence-electron chi connectivity index (χ4n) is 2.64. The quantitative estimate of drug-likeness (QED) is 0.351. The van der Waals surface area contributed by atoms with E-state index >= 15 is 0 Å². The van der Waals surface area contributed by atoms with Gasteiger partial charge in [-0.15, -0.1) is 0 Å². The third kappa shape index (κ3) is 4.62. The minimum absolute atomic E-state index is 0.000179.